The second-order valence-corrected chi connectivity index (χ2v) is 5.35. The van der Waals surface area contributed by atoms with Gasteiger partial charge in [-0.3, -0.25) is 4.98 Å². The van der Waals surface area contributed by atoms with Gasteiger partial charge in [0.2, 0.25) is 0 Å². The van der Waals surface area contributed by atoms with Gasteiger partial charge in [0.05, 0.1) is 10.7 Å². The number of alkyl halides is 1. The summed E-state index contributed by atoms with van der Waals surface area (Å²) >= 11 is 9.69. The van der Waals surface area contributed by atoms with E-state index < -0.39 is 0 Å². The molecule has 16 heavy (non-hydrogen) atoms. The molecular weight excluding hydrogens is 288 g/mol. The second kappa shape index (κ2) is 5.87. The van der Waals surface area contributed by atoms with Gasteiger partial charge in [0.25, 0.3) is 0 Å². The molecular formula is C12H16BrClN2. The molecule has 0 spiro atoms. The number of rotatable bonds is 5. The van der Waals surface area contributed by atoms with Crippen molar-refractivity contribution in [2.75, 3.05) is 16.8 Å². The van der Waals surface area contributed by atoms with Crippen LogP contribution in [-0.2, 0) is 0 Å². The van der Waals surface area contributed by atoms with Crippen molar-refractivity contribution in [2.24, 2.45) is 0 Å². The van der Waals surface area contributed by atoms with E-state index in [-0.39, 0.29) is 0 Å². The molecule has 0 atom stereocenters. The minimum absolute atomic E-state index is 0.680. The van der Waals surface area contributed by atoms with Crippen molar-refractivity contribution in [3.63, 3.8) is 0 Å². The summed E-state index contributed by atoms with van der Waals surface area (Å²) in [6, 6.07) is 2.70. The quantitative estimate of drug-likeness (QED) is 0.767. The maximum absolute atomic E-state index is 6.21. The molecule has 1 saturated carbocycles. The molecule has 1 aromatic heterocycles. The van der Waals surface area contributed by atoms with E-state index in [9.17, 15) is 0 Å². The zero-order valence-electron chi connectivity index (χ0n) is 9.20. The van der Waals surface area contributed by atoms with Gasteiger partial charge in [-0.25, -0.2) is 0 Å². The number of aromatic nitrogens is 1. The summed E-state index contributed by atoms with van der Waals surface area (Å²) in [7, 11) is 0. The molecule has 0 bridgehead atoms. The average molecular weight is 304 g/mol. The van der Waals surface area contributed by atoms with Crippen molar-refractivity contribution in [1.82, 2.24) is 4.98 Å². The van der Waals surface area contributed by atoms with E-state index in [1.165, 1.54) is 19.3 Å². The van der Waals surface area contributed by atoms with Crippen LogP contribution in [0.2, 0.25) is 5.02 Å². The van der Waals surface area contributed by atoms with E-state index in [1.54, 1.807) is 6.20 Å². The summed E-state index contributed by atoms with van der Waals surface area (Å²) in [5.74, 6) is 0. The van der Waals surface area contributed by atoms with Gasteiger partial charge < -0.3 is 4.90 Å². The standard InChI is InChI=1S/C12H16BrClN2/c13-6-2-8-16(10-3-1-4-10)12-5-7-15-9-11(12)14/h5,7,9-10H,1-4,6,8H2. The normalized spacial score (nSPS) is 15.9. The van der Waals surface area contributed by atoms with Gasteiger partial charge in [0.15, 0.2) is 0 Å². The van der Waals surface area contributed by atoms with Crippen molar-refractivity contribution in [1.29, 1.82) is 0 Å². The van der Waals surface area contributed by atoms with Crippen LogP contribution in [0.1, 0.15) is 25.7 Å². The van der Waals surface area contributed by atoms with Crippen molar-refractivity contribution in [3.8, 4) is 0 Å². The minimum atomic E-state index is 0.680. The molecule has 0 amide bonds. The van der Waals surface area contributed by atoms with E-state index in [0.717, 1.165) is 29.0 Å². The molecule has 88 valence electrons. The first-order chi connectivity index (χ1) is 7.83. The minimum Gasteiger partial charge on any atom is -0.367 e. The van der Waals surface area contributed by atoms with Crippen LogP contribution in [0.15, 0.2) is 18.5 Å². The third-order valence-corrected chi connectivity index (χ3v) is 3.96. The molecule has 1 aliphatic carbocycles. The third-order valence-electron chi connectivity index (χ3n) is 3.11. The van der Waals surface area contributed by atoms with Gasteiger partial charge in [0.1, 0.15) is 0 Å². The van der Waals surface area contributed by atoms with Gasteiger partial charge in [0, 0.05) is 30.3 Å². The monoisotopic (exact) mass is 302 g/mol. The zero-order chi connectivity index (χ0) is 11.4. The van der Waals surface area contributed by atoms with E-state index in [0.29, 0.717) is 6.04 Å². The van der Waals surface area contributed by atoms with Crippen LogP contribution in [0.3, 0.4) is 0 Å². The lowest BCUT2D eigenvalue weighted by Crippen LogP contribution is -2.41. The predicted molar refractivity (Wildman–Crippen MR) is 72.6 cm³/mol. The Labute approximate surface area is 110 Å². The lowest BCUT2D eigenvalue weighted by atomic mass is 9.91. The van der Waals surface area contributed by atoms with Crippen molar-refractivity contribution in [3.05, 3.63) is 23.5 Å². The van der Waals surface area contributed by atoms with Gasteiger partial charge in [-0.1, -0.05) is 27.5 Å². The molecule has 1 aliphatic rings. The number of anilines is 1. The summed E-state index contributed by atoms with van der Waals surface area (Å²) in [6.45, 7) is 1.07. The Morgan fingerprint density at radius 3 is 2.88 bits per heavy atom. The van der Waals surface area contributed by atoms with Crippen LogP contribution in [0, 0.1) is 0 Å². The van der Waals surface area contributed by atoms with Crippen molar-refractivity contribution in [2.45, 2.75) is 31.7 Å². The highest BCUT2D eigenvalue weighted by molar-refractivity contribution is 9.09. The van der Waals surface area contributed by atoms with Crippen LogP contribution < -0.4 is 4.90 Å². The van der Waals surface area contributed by atoms with Gasteiger partial charge in [-0.05, 0) is 31.7 Å². The fraction of sp³-hybridized carbons (Fsp3) is 0.583. The summed E-state index contributed by atoms with van der Waals surface area (Å²) < 4.78 is 0. The maximum atomic E-state index is 6.21. The average Bonchev–Trinajstić information content (AvgIpc) is 2.22. The van der Waals surface area contributed by atoms with Crippen LogP contribution >= 0.6 is 27.5 Å². The Morgan fingerprint density at radius 2 is 2.31 bits per heavy atom. The highest BCUT2D eigenvalue weighted by atomic mass is 79.9. The van der Waals surface area contributed by atoms with Crippen LogP contribution in [0.25, 0.3) is 0 Å². The highest BCUT2D eigenvalue weighted by Gasteiger charge is 2.25. The number of nitrogens with zero attached hydrogens (tertiary/aromatic N) is 2. The lowest BCUT2D eigenvalue weighted by Gasteiger charge is -2.39. The lowest BCUT2D eigenvalue weighted by molar-refractivity contribution is 0.386. The predicted octanol–water partition coefficient (Wildman–Crippen LogP) is 3.88. The number of halogens is 2. The molecule has 1 heterocycles. The fourth-order valence-electron chi connectivity index (χ4n) is 2.03. The Bertz CT molecular complexity index is 342. The summed E-state index contributed by atoms with van der Waals surface area (Å²) in [4.78, 5) is 6.48. The highest BCUT2D eigenvalue weighted by Crippen LogP contribution is 2.33. The Hall–Kier alpha value is -0.280. The number of hydrogen-bond acceptors (Lipinski definition) is 2. The van der Waals surface area contributed by atoms with Crippen molar-refractivity contribution < 1.29 is 0 Å². The van der Waals surface area contributed by atoms with Gasteiger partial charge >= 0.3 is 0 Å². The van der Waals surface area contributed by atoms with E-state index in [2.05, 4.69) is 25.8 Å². The van der Waals surface area contributed by atoms with E-state index >= 15 is 0 Å². The first-order valence-corrected chi connectivity index (χ1v) is 7.25. The second-order valence-electron chi connectivity index (χ2n) is 4.15. The molecule has 2 rings (SSSR count). The fourth-order valence-corrected chi connectivity index (χ4v) is 2.51. The first-order valence-electron chi connectivity index (χ1n) is 5.75. The number of pyridine rings is 1. The van der Waals surface area contributed by atoms with E-state index in [4.69, 9.17) is 11.6 Å². The summed E-state index contributed by atoms with van der Waals surface area (Å²) in [5, 5.41) is 1.81. The number of hydrogen-bond donors (Lipinski definition) is 0. The summed E-state index contributed by atoms with van der Waals surface area (Å²) in [5.41, 5.74) is 1.14. The molecule has 0 unspecified atom stereocenters. The molecule has 4 heteroatoms. The van der Waals surface area contributed by atoms with Gasteiger partial charge in [-0.15, -0.1) is 0 Å². The molecule has 1 fully saturated rings. The molecule has 0 aliphatic heterocycles. The van der Waals surface area contributed by atoms with Crippen LogP contribution in [-0.4, -0.2) is 22.9 Å². The maximum Gasteiger partial charge on any atom is 0.0822 e. The molecule has 0 saturated heterocycles. The zero-order valence-corrected chi connectivity index (χ0v) is 11.5. The Balaban J connectivity index is 2.13. The smallest absolute Gasteiger partial charge is 0.0822 e. The van der Waals surface area contributed by atoms with Gasteiger partial charge in [-0.2, -0.15) is 0 Å². The SMILES string of the molecule is Clc1cnccc1N(CCCBr)C1CCC1. The first kappa shape index (κ1) is 12.2. The Kier molecular flexibility index (Phi) is 4.47. The molecule has 0 N–H and O–H groups in total. The van der Waals surface area contributed by atoms with E-state index in [1.807, 2.05) is 12.3 Å². The summed E-state index contributed by atoms with van der Waals surface area (Å²) in [6.07, 6.45) is 8.63. The third kappa shape index (κ3) is 2.69. The Morgan fingerprint density at radius 1 is 1.50 bits per heavy atom. The topological polar surface area (TPSA) is 16.1 Å². The molecule has 1 aromatic rings. The molecule has 0 aromatic carbocycles. The van der Waals surface area contributed by atoms with Crippen molar-refractivity contribution >= 4 is 33.2 Å². The van der Waals surface area contributed by atoms with Crippen LogP contribution in [0.4, 0.5) is 5.69 Å². The van der Waals surface area contributed by atoms with Crippen LogP contribution in [0.5, 0.6) is 0 Å². The largest absolute Gasteiger partial charge is 0.367 e. The molecule has 2 nitrogen and oxygen atoms in total. The molecule has 0 radical (unpaired) electrons.